The Morgan fingerprint density at radius 2 is 1.68 bits per heavy atom. The Hall–Kier alpha value is -4.12. The molecule has 3 aromatic carbocycles. The van der Waals surface area contributed by atoms with E-state index >= 15 is 0 Å². The number of carbonyl (C=O) groups excluding carboxylic acids is 1. The smallest absolute Gasteiger partial charge is 0.328 e. The van der Waals surface area contributed by atoms with Crippen LogP contribution < -0.4 is 19.5 Å². The van der Waals surface area contributed by atoms with Crippen molar-refractivity contribution in [2.45, 2.75) is 24.8 Å². The van der Waals surface area contributed by atoms with E-state index < -0.39 is 31.6 Å². The predicted molar refractivity (Wildman–Crippen MR) is 126 cm³/mol. The van der Waals surface area contributed by atoms with Gasteiger partial charge in [-0.3, -0.25) is 10.1 Å². The third-order valence-corrected chi connectivity index (χ3v) is 5.91. The highest BCUT2D eigenvalue weighted by molar-refractivity contribution is 7.90. The van der Waals surface area contributed by atoms with E-state index in [-0.39, 0.29) is 11.8 Å². The molecule has 0 aliphatic rings. The van der Waals surface area contributed by atoms with Crippen molar-refractivity contribution < 1.29 is 27.6 Å². The van der Waals surface area contributed by atoms with Crippen LogP contribution in [0.5, 0.6) is 17.2 Å². The van der Waals surface area contributed by atoms with Crippen LogP contribution in [-0.2, 0) is 10.0 Å². The fourth-order valence-electron chi connectivity index (χ4n) is 3.02. The molecule has 0 bridgehead atoms. The van der Waals surface area contributed by atoms with E-state index in [2.05, 4.69) is 5.32 Å². The van der Waals surface area contributed by atoms with Crippen molar-refractivity contribution >= 4 is 21.7 Å². The molecule has 0 spiro atoms. The van der Waals surface area contributed by atoms with Crippen molar-refractivity contribution in [1.29, 1.82) is 0 Å². The summed E-state index contributed by atoms with van der Waals surface area (Å²) in [7, 11) is -2.92. The average molecular weight is 486 g/mol. The molecule has 178 valence electrons. The van der Waals surface area contributed by atoms with Gasteiger partial charge in [0.05, 0.1) is 12.0 Å². The number of urea groups is 1. The lowest BCUT2D eigenvalue weighted by Gasteiger charge is -2.14. The van der Waals surface area contributed by atoms with Gasteiger partial charge in [0, 0.05) is 18.2 Å². The summed E-state index contributed by atoms with van der Waals surface area (Å²) in [5, 5.41) is 13.6. The molecular weight excluding hydrogens is 462 g/mol. The van der Waals surface area contributed by atoms with Crippen molar-refractivity contribution in [3.8, 4) is 28.4 Å². The summed E-state index contributed by atoms with van der Waals surface area (Å²) in [4.78, 5) is 21.9. The van der Waals surface area contributed by atoms with E-state index in [4.69, 9.17) is 9.47 Å². The van der Waals surface area contributed by atoms with Gasteiger partial charge in [-0.15, -0.1) is 0 Å². The van der Waals surface area contributed by atoms with E-state index in [1.807, 2.05) is 22.9 Å². The molecule has 0 saturated carbocycles. The predicted octanol–water partition coefficient (Wildman–Crippen LogP) is 4.46. The number of hydrogen-bond donors (Lipinski definition) is 2. The number of nitro groups is 1. The van der Waals surface area contributed by atoms with E-state index in [1.54, 1.807) is 51.3 Å². The lowest BCUT2D eigenvalue weighted by Crippen LogP contribution is -2.42. The first kappa shape index (κ1) is 24.5. The van der Waals surface area contributed by atoms with Crippen LogP contribution in [-0.4, -0.2) is 32.5 Å². The van der Waals surface area contributed by atoms with Gasteiger partial charge in [-0.05, 0) is 55.3 Å². The number of nitrogens with one attached hydrogen (secondary N) is 2. The lowest BCUT2D eigenvalue weighted by atomic mass is 10.1. The molecule has 0 saturated heterocycles. The van der Waals surface area contributed by atoms with Crippen LogP contribution in [0.15, 0.2) is 71.6 Å². The summed E-state index contributed by atoms with van der Waals surface area (Å²) in [6.07, 6.45) is 0. The third-order valence-electron chi connectivity index (χ3n) is 4.56. The normalized spacial score (nSPS) is 11.1. The lowest BCUT2D eigenvalue weighted by molar-refractivity contribution is -0.385. The molecule has 3 aromatic rings. The molecule has 11 heteroatoms. The summed E-state index contributed by atoms with van der Waals surface area (Å²) >= 11 is 0. The third kappa shape index (κ3) is 6.01. The number of carbonyl (C=O) groups is 1. The van der Waals surface area contributed by atoms with Crippen LogP contribution in [0.25, 0.3) is 11.1 Å². The highest BCUT2D eigenvalue weighted by Gasteiger charge is 2.26. The standard InChI is InChI=1S/C23H23N3O7S/c1-15(2)24-23(27)25-34(30,31)22-14-18(26(28)29)9-12-21(22)33-20-6-4-5-17(13-20)16-7-10-19(32-3)11-8-16/h4-15H,1-3H3,(H2,24,25,27). The van der Waals surface area contributed by atoms with E-state index in [9.17, 15) is 23.3 Å². The minimum absolute atomic E-state index is 0.178. The molecule has 0 radical (unpaired) electrons. The highest BCUT2D eigenvalue weighted by Crippen LogP contribution is 2.34. The minimum Gasteiger partial charge on any atom is -0.497 e. The number of ether oxygens (including phenoxy) is 2. The SMILES string of the molecule is COc1ccc(-c2cccc(Oc3ccc([N+](=O)[O-])cc3S(=O)(=O)NC(=O)NC(C)C)c2)cc1. The number of methoxy groups -OCH3 is 1. The summed E-state index contributed by atoms with van der Waals surface area (Å²) in [5.41, 5.74) is 1.19. The maximum atomic E-state index is 12.9. The fourth-order valence-corrected chi connectivity index (χ4v) is 4.09. The van der Waals surface area contributed by atoms with Crippen molar-refractivity contribution in [1.82, 2.24) is 10.0 Å². The van der Waals surface area contributed by atoms with Crippen molar-refractivity contribution in [3.63, 3.8) is 0 Å². The Bertz CT molecular complexity index is 1310. The van der Waals surface area contributed by atoms with Crippen LogP contribution in [0.1, 0.15) is 13.8 Å². The maximum absolute atomic E-state index is 12.9. The molecule has 34 heavy (non-hydrogen) atoms. The first-order chi connectivity index (χ1) is 16.1. The second-order valence-corrected chi connectivity index (χ2v) is 9.13. The van der Waals surface area contributed by atoms with Crippen LogP contribution in [0, 0.1) is 10.1 Å². The van der Waals surface area contributed by atoms with Crippen molar-refractivity contribution in [2.75, 3.05) is 7.11 Å². The number of non-ortho nitro benzene ring substituents is 1. The van der Waals surface area contributed by atoms with Gasteiger partial charge in [0.15, 0.2) is 0 Å². The maximum Gasteiger partial charge on any atom is 0.328 e. The quantitative estimate of drug-likeness (QED) is 0.355. The zero-order chi connectivity index (χ0) is 24.9. The van der Waals surface area contributed by atoms with Gasteiger partial charge < -0.3 is 14.8 Å². The molecule has 2 N–H and O–H groups in total. The van der Waals surface area contributed by atoms with Crippen molar-refractivity contribution in [3.05, 3.63) is 76.8 Å². The molecule has 0 unspecified atom stereocenters. The average Bonchev–Trinajstić information content (AvgIpc) is 2.78. The van der Waals surface area contributed by atoms with Gasteiger partial charge in [-0.2, -0.15) is 0 Å². The van der Waals surface area contributed by atoms with E-state index in [0.29, 0.717) is 11.5 Å². The number of nitro benzene ring substituents is 1. The molecule has 3 rings (SSSR count). The molecule has 0 atom stereocenters. The monoisotopic (exact) mass is 485 g/mol. The number of hydrogen-bond acceptors (Lipinski definition) is 7. The molecular formula is C23H23N3O7S. The Labute approximate surface area is 196 Å². The molecule has 0 heterocycles. The Kier molecular flexibility index (Phi) is 7.37. The molecule has 0 aromatic heterocycles. The van der Waals surface area contributed by atoms with Gasteiger partial charge >= 0.3 is 6.03 Å². The van der Waals surface area contributed by atoms with Crippen LogP contribution >= 0.6 is 0 Å². The highest BCUT2D eigenvalue weighted by atomic mass is 32.2. The molecule has 0 fully saturated rings. The zero-order valence-electron chi connectivity index (χ0n) is 18.6. The van der Waals surface area contributed by atoms with Gasteiger partial charge in [0.25, 0.3) is 15.7 Å². The number of benzene rings is 3. The minimum atomic E-state index is -4.49. The fraction of sp³-hybridized carbons (Fsp3) is 0.174. The molecule has 0 aliphatic carbocycles. The molecule has 10 nitrogen and oxygen atoms in total. The Balaban J connectivity index is 1.97. The van der Waals surface area contributed by atoms with E-state index in [1.165, 1.54) is 6.07 Å². The Morgan fingerprint density at radius 1 is 0.971 bits per heavy atom. The first-order valence-electron chi connectivity index (χ1n) is 10.1. The topological polar surface area (TPSA) is 137 Å². The van der Waals surface area contributed by atoms with Gasteiger partial charge in [-0.1, -0.05) is 24.3 Å². The summed E-state index contributed by atoms with van der Waals surface area (Å²) in [6, 6.07) is 16.1. The van der Waals surface area contributed by atoms with Crippen molar-refractivity contribution in [2.24, 2.45) is 0 Å². The second kappa shape index (κ2) is 10.2. The summed E-state index contributed by atoms with van der Waals surface area (Å²) in [5.74, 6) is 0.818. The molecule has 2 amide bonds. The van der Waals surface area contributed by atoms with Gasteiger partial charge in [-0.25, -0.2) is 17.9 Å². The largest absolute Gasteiger partial charge is 0.497 e. The summed E-state index contributed by atoms with van der Waals surface area (Å²) < 4.78 is 38.6. The number of sulfonamides is 1. The Morgan fingerprint density at radius 3 is 2.29 bits per heavy atom. The second-order valence-electron chi connectivity index (χ2n) is 7.48. The summed E-state index contributed by atoms with van der Waals surface area (Å²) in [6.45, 7) is 3.31. The molecule has 0 aliphatic heterocycles. The first-order valence-corrected chi connectivity index (χ1v) is 11.6. The number of rotatable bonds is 8. The number of nitrogens with zero attached hydrogens (tertiary/aromatic N) is 1. The van der Waals surface area contributed by atoms with Gasteiger partial charge in [0.2, 0.25) is 0 Å². The van der Waals surface area contributed by atoms with Crippen LogP contribution in [0.2, 0.25) is 0 Å². The van der Waals surface area contributed by atoms with Crippen LogP contribution in [0.4, 0.5) is 10.5 Å². The number of amides is 2. The van der Waals surface area contributed by atoms with Gasteiger partial charge in [0.1, 0.15) is 22.1 Å². The van der Waals surface area contributed by atoms with E-state index in [0.717, 1.165) is 23.3 Å². The zero-order valence-corrected chi connectivity index (χ0v) is 19.5. The van der Waals surface area contributed by atoms with Crippen LogP contribution in [0.3, 0.4) is 0 Å².